The molecule has 6 N–H and O–H groups in total. The van der Waals surface area contributed by atoms with Gasteiger partial charge in [-0.3, -0.25) is 5.43 Å². The highest BCUT2D eigenvalue weighted by atomic mass is 16.4. The first-order chi connectivity index (χ1) is 10.8. The molecule has 1 aromatic rings. The van der Waals surface area contributed by atoms with Crippen molar-refractivity contribution in [2.24, 2.45) is 10.8 Å². The molecule has 0 saturated carbocycles. The van der Waals surface area contributed by atoms with Crippen molar-refractivity contribution in [2.75, 3.05) is 38.7 Å². The summed E-state index contributed by atoms with van der Waals surface area (Å²) in [6, 6.07) is 7.48. The molecule has 0 radical (unpaired) electrons. The van der Waals surface area contributed by atoms with Gasteiger partial charge in [-0.2, -0.15) is 5.10 Å². The number of carboxylic acid groups (broad SMARTS) is 1. The van der Waals surface area contributed by atoms with Gasteiger partial charge in [0.15, 0.2) is 5.71 Å². The molecule has 0 aromatic heterocycles. The highest BCUT2D eigenvalue weighted by Crippen LogP contribution is 2.18. The quantitative estimate of drug-likeness (QED) is 0.511. The van der Waals surface area contributed by atoms with Gasteiger partial charge >= 0.3 is 5.97 Å². The Morgan fingerprint density at radius 2 is 1.68 bits per heavy atom. The molecule has 0 spiro atoms. The van der Waals surface area contributed by atoms with Crippen molar-refractivity contribution < 1.29 is 9.90 Å². The SMILES string of the molecule is C1CNCCN1.CN.O=C(O)C1=NNc2ccccc2C=C1. The second kappa shape index (κ2) is 10.5. The van der Waals surface area contributed by atoms with Crippen LogP contribution < -0.4 is 21.8 Å². The summed E-state index contributed by atoms with van der Waals surface area (Å²) in [4.78, 5) is 10.6. The van der Waals surface area contributed by atoms with Gasteiger partial charge in [-0.1, -0.05) is 24.3 Å². The summed E-state index contributed by atoms with van der Waals surface area (Å²) in [6.45, 7) is 4.56. The van der Waals surface area contributed by atoms with Crippen molar-refractivity contribution in [1.29, 1.82) is 0 Å². The predicted molar refractivity (Wildman–Crippen MR) is 90.0 cm³/mol. The van der Waals surface area contributed by atoms with E-state index < -0.39 is 5.97 Å². The lowest BCUT2D eigenvalue weighted by molar-refractivity contribution is -0.129. The molecule has 0 amide bonds. The zero-order valence-electron chi connectivity index (χ0n) is 12.7. The molecule has 2 aliphatic heterocycles. The number of benzene rings is 1. The number of nitrogens with two attached hydrogens (primary N) is 1. The summed E-state index contributed by atoms with van der Waals surface area (Å²) in [5.74, 6) is -1.04. The van der Waals surface area contributed by atoms with Crippen LogP contribution in [0, 0.1) is 0 Å². The number of aliphatic carboxylic acids is 1. The topological polar surface area (TPSA) is 112 Å². The maximum absolute atomic E-state index is 10.6. The summed E-state index contributed by atoms with van der Waals surface area (Å²) in [7, 11) is 1.50. The maximum Gasteiger partial charge on any atom is 0.356 e. The Morgan fingerprint density at radius 3 is 2.23 bits per heavy atom. The van der Waals surface area contributed by atoms with Crippen LogP contribution in [-0.2, 0) is 4.79 Å². The first-order valence-electron chi connectivity index (χ1n) is 7.10. The average Bonchev–Trinajstić information content (AvgIpc) is 2.81. The Morgan fingerprint density at radius 1 is 1.09 bits per heavy atom. The maximum atomic E-state index is 10.6. The fourth-order valence-corrected chi connectivity index (χ4v) is 1.79. The molecule has 0 unspecified atom stereocenters. The van der Waals surface area contributed by atoms with E-state index in [0.717, 1.165) is 37.4 Å². The van der Waals surface area contributed by atoms with Crippen molar-refractivity contribution in [3.05, 3.63) is 35.9 Å². The molecule has 1 saturated heterocycles. The van der Waals surface area contributed by atoms with Gasteiger partial charge in [0.2, 0.25) is 0 Å². The van der Waals surface area contributed by atoms with Gasteiger partial charge in [0.25, 0.3) is 0 Å². The molecule has 0 bridgehead atoms. The van der Waals surface area contributed by atoms with Crippen molar-refractivity contribution in [2.45, 2.75) is 0 Å². The van der Waals surface area contributed by atoms with E-state index in [1.165, 1.54) is 13.1 Å². The minimum absolute atomic E-state index is 0.00111. The van der Waals surface area contributed by atoms with Crippen molar-refractivity contribution in [1.82, 2.24) is 10.6 Å². The molecular weight excluding hydrogens is 282 g/mol. The largest absolute Gasteiger partial charge is 0.476 e. The zero-order chi connectivity index (χ0) is 16.2. The Bertz CT molecular complexity index is 513. The third-order valence-corrected chi connectivity index (χ3v) is 2.85. The number of hydrogen-bond acceptors (Lipinski definition) is 6. The number of carbonyl (C=O) groups is 1. The molecule has 7 heteroatoms. The van der Waals surface area contributed by atoms with Gasteiger partial charge in [-0.15, -0.1) is 0 Å². The molecule has 2 heterocycles. The number of piperazine rings is 1. The Labute approximate surface area is 130 Å². The first-order valence-corrected chi connectivity index (χ1v) is 7.10. The number of nitrogens with one attached hydrogen (secondary N) is 3. The molecule has 2 aliphatic rings. The van der Waals surface area contributed by atoms with E-state index in [9.17, 15) is 4.79 Å². The zero-order valence-corrected chi connectivity index (χ0v) is 12.7. The van der Waals surface area contributed by atoms with Crippen LogP contribution >= 0.6 is 0 Å². The Kier molecular flexibility index (Phi) is 8.51. The van der Waals surface area contributed by atoms with Gasteiger partial charge in [0, 0.05) is 26.2 Å². The van der Waals surface area contributed by atoms with Crippen LogP contribution in [0.5, 0.6) is 0 Å². The Hall–Kier alpha value is -2.22. The molecule has 1 aromatic carbocycles. The van der Waals surface area contributed by atoms with Gasteiger partial charge in [0.1, 0.15) is 0 Å². The smallest absolute Gasteiger partial charge is 0.356 e. The summed E-state index contributed by atoms with van der Waals surface area (Å²) in [6.07, 6.45) is 3.20. The number of carboxylic acids is 1. The summed E-state index contributed by atoms with van der Waals surface area (Å²) >= 11 is 0. The lowest BCUT2D eigenvalue weighted by Gasteiger charge is -2.11. The Balaban J connectivity index is 0.000000253. The van der Waals surface area contributed by atoms with Crippen LogP contribution in [0.3, 0.4) is 0 Å². The fraction of sp³-hybridized carbons (Fsp3) is 0.333. The molecule has 0 atom stereocenters. The molecule has 0 aliphatic carbocycles. The minimum Gasteiger partial charge on any atom is -0.476 e. The number of para-hydroxylation sites is 1. The lowest BCUT2D eigenvalue weighted by Crippen LogP contribution is -2.39. The molecular formula is C15H23N5O2. The number of fused-ring (bicyclic) bond motifs is 1. The van der Waals surface area contributed by atoms with Crippen LogP contribution in [0.25, 0.3) is 6.08 Å². The number of hydrazone groups is 1. The van der Waals surface area contributed by atoms with Crippen LogP contribution in [0.4, 0.5) is 5.69 Å². The highest BCUT2D eigenvalue weighted by molar-refractivity contribution is 6.41. The minimum atomic E-state index is -1.04. The number of rotatable bonds is 1. The number of nitrogens with zero attached hydrogens (tertiary/aromatic N) is 1. The van der Waals surface area contributed by atoms with E-state index in [1.807, 2.05) is 24.3 Å². The average molecular weight is 305 g/mol. The van der Waals surface area contributed by atoms with E-state index in [1.54, 1.807) is 6.08 Å². The van der Waals surface area contributed by atoms with Gasteiger partial charge < -0.3 is 21.5 Å². The van der Waals surface area contributed by atoms with Crippen LogP contribution in [-0.4, -0.2) is 50.0 Å². The summed E-state index contributed by atoms with van der Waals surface area (Å²) < 4.78 is 0. The van der Waals surface area contributed by atoms with Gasteiger partial charge in [0.05, 0.1) is 5.69 Å². The van der Waals surface area contributed by atoms with Gasteiger partial charge in [-0.25, -0.2) is 4.79 Å². The third-order valence-electron chi connectivity index (χ3n) is 2.85. The van der Waals surface area contributed by atoms with Crippen molar-refractivity contribution in [3.63, 3.8) is 0 Å². The molecule has 3 rings (SSSR count). The predicted octanol–water partition coefficient (Wildman–Crippen LogP) is 0.320. The third kappa shape index (κ3) is 6.04. The van der Waals surface area contributed by atoms with Crippen LogP contribution in [0.15, 0.2) is 35.4 Å². The van der Waals surface area contributed by atoms with E-state index in [-0.39, 0.29) is 5.71 Å². The second-order valence-electron chi connectivity index (χ2n) is 4.33. The van der Waals surface area contributed by atoms with Crippen molar-refractivity contribution in [3.8, 4) is 0 Å². The molecule has 1 fully saturated rings. The number of hydrogen-bond donors (Lipinski definition) is 5. The van der Waals surface area contributed by atoms with E-state index in [0.29, 0.717) is 0 Å². The first kappa shape index (κ1) is 17.8. The summed E-state index contributed by atoms with van der Waals surface area (Å²) in [5.41, 5.74) is 8.93. The number of anilines is 1. The molecule has 7 nitrogen and oxygen atoms in total. The van der Waals surface area contributed by atoms with Gasteiger partial charge in [-0.05, 0) is 24.8 Å². The van der Waals surface area contributed by atoms with E-state index in [4.69, 9.17) is 5.11 Å². The lowest BCUT2D eigenvalue weighted by atomic mass is 10.1. The molecule has 120 valence electrons. The standard InChI is InChI=1S/C10H8N2O2.C4H10N2.CH5N/c13-10(14)9-6-5-7-3-1-2-4-8(7)11-12-9;1-2-6-4-3-5-1;1-2/h1-6,11H,(H,13,14);5-6H,1-4H2;2H2,1H3. The van der Waals surface area contributed by atoms with Crippen molar-refractivity contribution >= 4 is 23.4 Å². The second-order valence-corrected chi connectivity index (χ2v) is 4.33. The van der Waals surface area contributed by atoms with E-state index in [2.05, 4.69) is 26.9 Å². The molecule has 22 heavy (non-hydrogen) atoms. The summed E-state index contributed by atoms with van der Waals surface area (Å²) in [5, 5.41) is 18.9. The van der Waals surface area contributed by atoms with Crippen LogP contribution in [0.2, 0.25) is 0 Å². The van der Waals surface area contributed by atoms with Crippen LogP contribution in [0.1, 0.15) is 5.56 Å². The fourth-order valence-electron chi connectivity index (χ4n) is 1.79. The van der Waals surface area contributed by atoms with E-state index >= 15 is 0 Å². The highest BCUT2D eigenvalue weighted by Gasteiger charge is 2.09. The normalized spacial score (nSPS) is 15.5. The monoisotopic (exact) mass is 305 g/mol.